The van der Waals surface area contributed by atoms with Crippen LogP contribution in [0.15, 0.2) is 42.7 Å². The molecule has 0 saturated carbocycles. The Morgan fingerprint density at radius 2 is 1.90 bits per heavy atom. The van der Waals surface area contributed by atoms with Crippen molar-refractivity contribution in [1.29, 1.82) is 0 Å². The van der Waals surface area contributed by atoms with Crippen LogP contribution in [0.3, 0.4) is 0 Å². The van der Waals surface area contributed by atoms with E-state index in [0.29, 0.717) is 0 Å². The zero-order valence-corrected chi connectivity index (χ0v) is 12.3. The molecule has 0 bridgehead atoms. The van der Waals surface area contributed by atoms with Crippen LogP contribution < -0.4 is 5.32 Å². The number of rotatable bonds is 4. The molecule has 3 aromatic rings. The molecule has 21 heavy (non-hydrogen) atoms. The van der Waals surface area contributed by atoms with Gasteiger partial charge in [-0.2, -0.15) is 0 Å². The largest absolute Gasteiger partial charge is 0.373 e. The van der Waals surface area contributed by atoms with Crippen molar-refractivity contribution in [3.8, 4) is 11.4 Å². The standard InChI is InChI=1S/C17H18N4/c1-3-6-13-16(19-11-20-17(13)18-2)15-10-9-12-7-4-5-8-14(12)21-15/h4-5,7-11H,3,6H2,1-2H3,(H,18,19,20). The van der Waals surface area contributed by atoms with E-state index < -0.39 is 0 Å². The predicted octanol–water partition coefficient (Wildman–Crippen LogP) is 3.69. The number of benzene rings is 1. The summed E-state index contributed by atoms with van der Waals surface area (Å²) < 4.78 is 0. The summed E-state index contributed by atoms with van der Waals surface area (Å²) >= 11 is 0. The molecule has 106 valence electrons. The molecule has 1 aromatic carbocycles. The van der Waals surface area contributed by atoms with E-state index in [1.54, 1.807) is 6.33 Å². The van der Waals surface area contributed by atoms with Gasteiger partial charge in [0.25, 0.3) is 0 Å². The summed E-state index contributed by atoms with van der Waals surface area (Å²) in [5.41, 5.74) is 3.94. The molecule has 0 fully saturated rings. The molecule has 0 radical (unpaired) electrons. The number of hydrogen-bond donors (Lipinski definition) is 1. The van der Waals surface area contributed by atoms with Crippen molar-refractivity contribution in [3.63, 3.8) is 0 Å². The number of para-hydroxylation sites is 1. The Morgan fingerprint density at radius 3 is 2.71 bits per heavy atom. The quantitative estimate of drug-likeness (QED) is 0.791. The molecular formula is C17H18N4. The van der Waals surface area contributed by atoms with Crippen LogP contribution >= 0.6 is 0 Å². The van der Waals surface area contributed by atoms with Crippen LogP contribution in [0.2, 0.25) is 0 Å². The van der Waals surface area contributed by atoms with Crippen molar-refractivity contribution in [1.82, 2.24) is 15.0 Å². The normalized spacial score (nSPS) is 10.8. The second-order valence-electron chi connectivity index (χ2n) is 4.94. The Bertz CT molecular complexity index is 768. The Balaban J connectivity index is 2.17. The molecule has 2 heterocycles. The SMILES string of the molecule is CCCc1c(NC)ncnc1-c1ccc2ccccc2n1. The Kier molecular flexibility index (Phi) is 3.77. The second-order valence-corrected chi connectivity index (χ2v) is 4.94. The average Bonchev–Trinajstić information content (AvgIpc) is 2.55. The van der Waals surface area contributed by atoms with Gasteiger partial charge in [-0.3, -0.25) is 0 Å². The summed E-state index contributed by atoms with van der Waals surface area (Å²) in [4.78, 5) is 13.5. The van der Waals surface area contributed by atoms with Gasteiger partial charge in [-0.1, -0.05) is 37.6 Å². The summed E-state index contributed by atoms with van der Waals surface area (Å²) in [7, 11) is 1.89. The third-order valence-electron chi connectivity index (χ3n) is 3.52. The first-order chi connectivity index (χ1) is 10.3. The van der Waals surface area contributed by atoms with Gasteiger partial charge in [0.15, 0.2) is 0 Å². The number of nitrogens with one attached hydrogen (secondary N) is 1. The van der Waals surface area contributed by atoms with Crippen LogP contribution in [-0.4, -0.2) is 22.0 Å². The molecule has 4 nitrogen and oxygen atoms in total. The fourth-order valence-corrected chi connectivity index (χ4v) is 2.53. The van der Waals surface area contributed by atoms with E-state index >= 15 is 0 Å². The number of pyridine rings is 1. The first-order valence-corrected chi connectivity index (χ1v) is 7.21. The first-order valence-electron chi connectivity index (χ1n) is 7.21. The van der Waals surface area contributed by atoms with E-state index in [1.165, 1.54) is 0 Å². The van der Waals surface area contributed by atoms with E-state index in [1.807, 2.05) is 31.3 Å². The van der Waals surface area contributed by atoms with Gasteiger partial charge in [0.2, 0.25) is 0 Å². The third-order valence-corrected chi connectivity index (χ3v) is 3.52. The van der Waals surface area contributed by atoms with Crippen molar-refractivity contribution in [2.24, 2.45) is 0 Å². The molecular weight excluding hydrogens is 260 g/mol. The lowest BCUT2D eigenvalue weighted by molar-refractivity contribution is 0.904. The fraction of sp³-hybridized carbons (Fsp3) is 0.235. The van der Waals surface area contributed by atoms with Gasteiger partial charge < -0.3 is 5.32 Å². The van der Waals surface area contributed by atoms with Gasteiger partial charge >= 0.3 is 0 Å². The highest BCUT2D eigenvalue weighted by Gasteiger charge is 2.13. The summed E-state index contributed by atoms with van der Waals surface area (Å²) in [6.07, 6.45) is 3.57. The highest BCUT2D eigenvalue weighted by atomic mass is 15.0. The first kappa shape index (κ1) is 13.5. The highest BCUT2D eigenvalue weighted by Crippen LogP contribution is 2.26. The number of nitrogens with zero attached hydrogens (tertiary/aromatic N) is 3. The van der Waals surface area contributed by atoms with Gasteiger partial charge in [0.05, 0.1) is 16.9 Å². The van der Waals surface area contributed by atoms with Crippen molar-refractivity contribution in [2.75, 3.05) is 12.4 Å². The second kappa shape index (κ2) is 5.87. The maximum Gasteiger partial charge on any atom is 0.133 e. The Hall–Kier alpha value is -2.49. The lowest BCUT2D eigenvalue weighted by Gasteiger charge is -2.12. The minimum absolute atomic E-state index is 0.886. The van der Waals surface area contributed by atoms with Crippen LogP contribution in [0.25, 0.3) is 22.3 Å². The Morgan fingerprint density at radius 1 is 1.05 bits per heavy atom. The van der Waals surface area contributed by atoms with E-state index in [4.69, 9.17) is 4.98 Å². The average molecular weight is 278 g/mol. The number of fused-ring (bicyclic) bond motifs is 1. The molecule has 1 N–H and O–H groups in total. The van der Waals surface area contributed by atoms with Crippen LogP contribution in [0.5, 0.6) is 0 Å². The summed E-state index contributed by atoms with van der Waals surface area (Å²) in [5.74, 6) is 0.886. The number of aromatic nitrogens is 3. The molecule has 0 atom stereocenters. The molecule has 0 aliphatic carbocycles. The maximum atomic E-state index is 4.75. The topological polar surface area (TPSA) is 50.7 Å². The van der Waals surface area contributed by atoms with Gasteiger partial charge in [-0.15, -0.1) is 0 Å². The highest BCUT2D eigenvalue weighted by molar-refractivity contribution is 5.81. The molecule has 0 amide bonds. The Labute approximate surface area is 124 Å². The van der Waals surface area contributed by atoms with Crippen molar-refractivity contribution in [3.05, 3.63) is 48.3 Å². The van der Waals surface area contributed by atoms with Crippen molar-refractivity contribution in [2.45, 2.75) is 19.8 Å². The molecule has 0 saturated heterocycles. The molecule has 2 aromatic heterocycles. The molecule has 4 heteroatoms. The van der Waals surface area contributed by atoms with E-state index in [2.05, 4.69) is 34.3 Å². The third kappa shape index (κ3) is 2.57. The molecule has 0 aliphatic rings. The monoisotopic (exact) mass is 278 g/mol. The van der Waals surface area contributed by atoms with E-state index in [9.17, 15) is 0 Å². The molecule has 3 rings (SSSR count). The fourth-order valence-electron chi connectivity index (χ4n) is 2.53. The summed E-state index contributed by atoms with van der Waals surface area (Å²) in [6.45, 7) is 2.16. The zero-order valence-electron chi connectivity index (χ0n) is 12.3. The van der Waals surface area contributed by atoms with Gasteiger partial charge in [0, 0.05) is 18.0 Å². The van der Waals surface area contributed by atoms with E-state index in [-0.39, 0.29) is 0 Å². The van der Waals surface area contributed by atoms with Gasteiger partial charge in [-0.25, -0.2) is 15.0 Å². The summed E-state index contributed by atoms with van der Waals surface area (Å²) in [6, 6.07) is 12.2. The van der Waals surface area contributed by atoms with Crippen LogP contribution in [-0.2, 0) is 6.42 Å². The number of anilines is 1. The van der Waals surface area contributed by atoms with Gasteiger partial charge in [-0.05, 0) is 18.6 Å². The minimum Gasteiger partial charge on any atom is -0.373 e. The van der Waals surface area contributed by atoms with Crippen molar-refractivity contribution < 1.29 is 0 Å². The lowest BCUT2D eigenvalue weighted by atomic mass is 10.1. The van der Waals surface area contributed by atoms with Crippen LogP contribution in [0.1, 0.15) is 18.9 Å². The minimum atomic E-state index is 0.886. The smallest absolute Gasteiger partial charge is 0.133 e. The molecule has 0 unspecified atom stereocenters. The van der Waals surface area contributed by atoms with Crippen LogP contribution in [0, 0.1) is 0 Å². The zero-order chi connectivity index (χ0) is 14.7. The van der Waals surface area contributed by atoms with Crippen molar-refractivity contribution >= 4 is 16.7 Å². The maximum absolute atomic E-state index is 4.75. The van der Waals surface area contributed by atoms with Crippen LogP contribution in [0.4, 0.5) is 5.82 Å². The van der Waals surface area contributed by atoms with Gasteiger partial charge in [0.1, 0.15) is 12.1 Å². The van der Waals surface area contributed by atoms with E-state index in [0.717, 1.165) is 46.5 Å². The number of hydrogen-bond acceptors (Lipinski definition) is 4. The molecule has 0 spiro atoms. The lowest BCUT2D eigenvalue weighted by Crippen LogP contribution is -2.03. The molecule has 0 aliphatic heterocycles. The predicted molar refractivity (Wildman–Crippen MR) is 86.3 cm³/mol. The summed E-state index contributed by atoms with van der Waals surface area (Å²) in [5, 5.41) is 4.29.